The zero-order chi connectivity index (χ0) is 15.6. The van der Waals surface area contributed by atoms with Gasteiger partial charge < -0.3 is 5.73 Å². The average molecular weight is 312 g/mol. The molecule has 0 heterocycles. The maximum Gasteiger partial charge on any atom is 0.267 e. The van der Waals surface area contributed by atoms with Gasteiger partial charge in [0.1, 0.15) is 11.6 Å². The van der Waals surface area contributed by atoms with Crippen LogP contribution in [-0.4, -0.2) is 8.42 Å². The van der Waals surface area contributed by atoms with Crippen molar-refractivity contribution in [3.05, 3.63) is 53.6 Å². The highest BCUT2D eigenvalue weighted by atomic mass is 32.2. The van der Waals surface area contributed by atoms with Gasteiger partial charge in [0.05, 0.1) is 0 Å². The molecule has 0 amide bonds. The van der Waals surface area contributed by atoms with Crippen LogP contribution in [0.1, 0.15) is 12.5 Å². The van der Waals surface area contributed by atoms with E-state index >= 15 is 0 Å². The number of nitrogen functional groups attached to an aromatic ring is 1. The van der Waals surface area contributed by atoms with E-state index in [1.165, 1.54) is 12.1 Å². The predicted octanol–water partition coefficient (Wildman–Crippen LogP) is 2.91. The molecule has 2 aromatic rings. The Morgan fingerprint density at radius 2 is 1.62 bits per heavy atom. The van der Waals surface area contributed by atoms with Crippen LogP contribution < -0.4 is 10.5 Å². The number of aryl methyl sites for hydroxylation is 1. The Morgan fingerprint density at radius 3 is 2.10 bits per heavy atom. The first-order chi connectivity index (χ1) is 9.83. The number of rotatable bonds is 4. The molecule has 4 nitrogen and oxygen atoms in total. The number of nitrogens with one attached hydrogen (secondary N) is 1. The highest BCUT2D eigenvalue weighted by Crippen LogP contribution is 2.24. The molecular formula is C14H14F2N2O2S. The van der Waals surface area contributed by atoms with Crippen molar-refractivity contribution in [2.45, 2.75) is 18.2 Å². The van der Waals surface area contributed by atoms with Crippen molar-refractivity contribution in [1.29, 1.82) is 0 Å². The van der Waals surface area contributed by atoms with E-state index in [-0.39, 0.29) is 11.4 Å². The van der Waals surface area contributed by atoms with Gasteiger partial charge in [-0.2, -0.15) is 0 Å². The molecule has 21 heavy (non-hydrogen) atoms. The summed E-state index contributed by atoms with van der Waals surface area (Å²) in [4.78, 5) is -1.05. The molecule has 3 N–H and O–H groups in total. The van der Waals surface area contributed by atoms with Gasteiger partial charge in [0.15, 0.2) is 4.90 Å². The molecule has 7 heteroatoms. The van der Waals surface area contributed by atoms with Gasteiger partial charge in [-0.05, 0) is 36.2 Å². The molecule has 112 valence electrons. The number of benzene rings is 2. The minimum absolute atomic E-state index is 0.184. The Labute approximate surface area is 121 Å². The second kappa shape index (κ2) is 5.69. The summed E-state index contributed by atoms with van der Waals surface area (Å²) in [5, 5.41) is 0. The van der Waals surface area contributed by atoms with E-state index in [9.17, 15) is 17.2 Å². The average Bonchev–Trinajstić information content (AvgIpc) is 2.37. The Hall–Kier alpha value is -2.15. The quantitative estimate of drug-likeness (QED) is 0.853. The van der Waals surface area contributed by atoms with Gasteiger partial charge in [0.2, 0.25) is 0 Å². The Balaban J connectivity index is 2.38. The molecule has 0 atom stereocenters. The summed E-state index contributed by atoms with van der Waals surface area (Å²) in [5.74, 6) is -2.46. The van der Waals surface area contributed by atoms with Crippen LogP contribution in [0.4, 0.5) is 20.2 Å². The number of hydrogen-bond acceptors (Lipinski definition) is 3. The van der Waals surface area contributed by atoms with Crippen molar-refractivity contribution in [2.75, 3.05) is 10.5 Å². The van der Waals surface area contributed by atoms with Crippen LogP contribution in [0.2, 0.25) is 0 Å². The molecule has 2 rings (SSSR count). The summed E-state index contributed by atoms with van der Waals surface area (Å²) in [7, 11) is -4.37. The minimum atomic E-state index is -4.37. The molecule has 0 fully saturated rings. The number of hydrogen-bond donors (Lipinski definition) is 2. The Kier molecular flexibility index (Phi) is 4.13. The van der Waals surface area contributed by atoms with Crippen molar-refractivity contribution >= 4 is 21.4 Å². The van der Waals surface area contributed by atoms with Crippen LogP contribution >= 0.6 is 0 Å². The highest BCUT2D eigenvalue weighted by molar-refractivity contribution is 7.92. The third-order valence-corrected chi connectivity index (χ3v) is 4.34. The highest BCUT2D eigenvalue weighted by Gasteiger charge is 2.24. The molecule has 0 bridgehead atoms. The van der Waals surface area contributed by atoms with E-state index in [2.05, 4.69) is 4.72 Å². The van der Waals surface area contributed by atoms with Crippen molar-refractivity contribution in [2.24, 2.45) is 0 Å². The first kappa shape index (κ1) is 15.2. The summed E-state index contributed by atoms with van der Waals surface area (Å²) in [5.41, 5.74) is 6.32. The van der Waals surface area contributed by atoms with Crippen molar-refractivity contribution in [3.8, 4) is 0 Å². The maximum atomic E-state index is 13.7. The third-order valence-electron chi connectivity index (χ3n) is 2.90. The number of sulfonamides is 1. The van der Waals surface area contributed by atoms with Gasteiger partial charge >= 0.3 is 0 Å². The topological polar surface area (TPSA) is 72.2 Å². The van der Waals surface area contributed by atoms with Crippen molar-refractivity contribution in [1.82, 2.24) is 0 Å². The SMILES string of the molecule is CCc1ccc(NS(=O)(=O)c2c(F)cc(N)cc2F)cc1. The first-order valence-corrected chi connectivity index (χ1v) is 7.68. The molecule has 0 aliphatic rings. The molecule has 0 spiro atoms. The molecule has 0 saturated carbocycles. The van der Waals surface area contributed by atoms with Crippen molar-refractivity contribution < 1.29 is 17.2 Å². The lowest BCUT2D eigenvalue weighted by Gasteiger charge is -2.10. The molecule has 0 unspecified atom stereocenters. The summed E-state index contributed by atoms with van der Waals surface area (Å²) in [6.07, 6.45) is 0.800. The normalized spacial score (nSPS) is 11.4. The monoisotopic (exact) mass is 312 g/mol. The number of halogens is 2. The van der Waals surface area contributed by atoms with E-state index in [1.807, 2.05) is 6.92 Å². The molecule has 0 aromatic heterocycles. The van der Waals surface area contributed by atoms with E-state index in [0.29, 0.717) is 0 Å². The third kappa shape index (κ3) is 3.30. The van der Waals surface area contributed by atoms with Gasteiger partial charge in [-0.1, -0.05) is 19.1 Å². The van der Waals surface area contributed by atoms with E-state index < -0.39 is 26.6 Å². The van der Waals surface area contributed by atoms with Crippen LogP contribution in [0.5, 0.6) is 0 Å². The summed E-state index contributed by atoms with van der Waals surface area (Å²) in [6, 6.07) is 8.05. The van der Waals surface area contributed by atoms with Crippen LogP contribution in [-0.2, 0) is 16.4 Å². The van der Waals surface area contributed by atoms with E-state index in [0.717, 1.165) is 24.1 Å². The van der Waals surface area contributed by atoms with E-state index in [4.69, 9.17) is 5.73 Å². The fourth-order valence-electron chi connectivity index (χ4n) is 1.85. The minimum Gasteiger partial charge on any atom is -0.399 e. The molecule has 0 aliphatic heterocycles. The van der Waals surface area contributed by atoms with Crippen molar-refractivity contribution in [3.63, 3.8) is 0 Å². The van der Waals surface area contributed by atoms with Gasteiger partial charge in [-0.3, -0.25) is 4.72 Å². The molecular weight excluding hydrogens is 298 g/mol. The fraction of sp³-hybridized carbons (Fsp3) is 0.143. The summed E-state index contributed by atoms with van der Waals surface area (Å²) < 4.78 is 53.7. The van der Waals surface area contributed by atoms with Crippen LogP contribution in [0.15, 0.2) is 41.3 Å². The predicted molar refractivity (Wildman–Crippen MR) is 77.4 cm³/mol. The summed E-state index contributed by atoms with van der Waals surface area (Å²) >= 11 is 0. The first-order valence-electron chi connectivity index (χ1n) is 6.19. The molecule has 0 aliphatic carbocycles. The largest absolute Gasteiger partial charge is 0.399 e. The zero-order valence-electron chi connectivity index (χ0n) is 11.2. The Morgan fingerprint density at radius 1 is 1.10 bits per heavy atom. The lowest BCUT2D eigenvalue weighted by Crippen LogP contribution is -2.16. The lowest BCUT2D eigenvalue weighted by molar-refractivity contribution is 0.522. The molecule has 0 radical (unpaired) electrons. The van der Waals surface area contributed by atoms with E-state index in [1.54, 1.807) is 12.1 Å². The second-order valence-corrected chi connectivity index (χ2v) is 6.09. The second-order valence-electron chi connectivity index (χ2n) is 4.47. The molecule has 0 saturated heterocycles. The lowest BCUT2D eigenvalue weighted by atomic mass is 10.2. The van der Waals surface area contributed by atoms with Crippen LogP contribution in [0.3, 0.4) is 0 Å². The smallest absolute Gasteiger partial charge is 0.267 e. The number of nitrogens with two attached hydrogens (primary N) is 1. The number of anilines is 2. The van der Waals surface area contributed by atoms with Crippen LogP contribution in [0.25, 0.3) is 0 Å². The van der Waals surface area contributed by atoms with Gasteiger partial charge in [0.25, 0.3) is 10.0 Å². The van der Waals surface area contributed by atoms with Crippen LogP contribution in [0, 0.1) is 11.6 Å². The fourth-order valence-corrected chi connectivity index (χ4v) is 3.03. The summed E-state index contributed by atoms with van der Waals surface area (Å²) in [6.45, 7) is 1.96. The molecule has 2 aromatic carbocycles. The van der Waals surface area contributed by atoms with Gasteiger partial charge in [0, 0.05) is 11.4 Å². The zero-order valence-corrected chi connectivity index (χ0v) is 12.0. The van der Waals surface area contributed by atoms with Gasteiger partial charge in [-0.25, -0.2) is 17.2 Å². The maximum absolute atomic E-state index is 13.7. The Bertz CT molecular complexity index is 736. The standard InChI is InChI=1S/C14H14F2N2O2S/c1-2-9-3-5-11(6-4-9)18-21(19,20)14-12(15)7-10(17)8-13(14)16/h3-8,18H,2,17H2,1H3. The van der Waals surface area contributed by atoms with Gasteiger partial charge in [-0.15, -0.1) is 0 Å².